The number of fused-ring (bicyclic) bond motifs is 1. The Morgan fingerprint density at radius 3 is 2.76 bits per heavy atom. The van der Waals surface area contributed by atoms with Gasteiger partial charge < -0.3 is 5.32 Å². The Morgan fingerprint density at radius 2 is 2.08 bits per heavy atom. The van der Waals surface area contributed by atoms with Crippen molar-refractivity contribution >= 4 is 17.5 Å². The molecule has 0 amide bonds. The fourth-order valence-corrected chi connectivity index (χ4v) is 4.41. The van der Waals surface area contributed by atoms with Gasteiger partial charge in [-0.25, -0.2) is 0 Å². The van der Waals surface area contributed by atoms with E-state index in [4.69, 9.17) is 0 Å². The lowest BCUT2D eigenvalue weighted by atomic mass is 9.85. The molecule has 1 aliphatic heterocycles. The molecule has 3 heteroatoms. The average Bonchev–Trinajstić information content (AvgIpc) is 2.59. The van der Waals surface area contributed by atoms with Crippen LogP contribution in [0.4, 0.5) is 0 Å². The maximum atomic E-state index is 4.62. The summed E-state index contributed by atoms with van der Waals surface area (Å²) in [5.41, 5.74) is 5.52. The van der Waals surface area contributed by atoms with Crippen LogP contribution in [0.25, 0.3) is 0 Å². The van der Waals surface area contributed by atoms with E-state index >= 15 is 0 Å². The minimum absolute atomic E-state index is 0.548. The van der Waals surface area contributed by atoms with Crippen LogP contribution >= 0.6 is 11.8 Å². The van der Waals surface area contributed by atoms with E-state index in [0.29, 0.717) is 11.8 Å². The van der Waals surface area contributed by atoms with E-state index in [1.807, 2.05) is 17.8 Å². The highest BCUT2D eigenvalue weighted by atomic mass is 32.2. The number of thioether (sulfide) groups is 1. The van der Waals surface area contributed by atoms with Crippen LogP contribution in [0.2, 0.25) is 0 Å². The predicted octanol–water partition coefficient (Wildman–Crippen LogP) is 5.93. The van der Waals surface area contributed by atoms with Gasteiger partial charge >= 0.3 is 0 Å². The molecule has 0 bridgehead atoms. The van der Waals surface area contributed by atoms with Crippen molar-refractivity contribution in [2.75, 3.05) is 12.4 Å². The van der Waals surface area contributed by atoms with Crippen LogP contribution in [-0.4, -0.2) is 18.1 Å². The van der Waals surface area contributed by atoms with Crippen LogP contribution in [0.1, 0.15) is 62.6 Å². The third kappa shape index (κ3) is 5.50. The van der Waals surface area contributed by atoms with Crippen molar-refractivity contribution in [3.8, 4) is 0 Å². The average molecular weight is 357 g/mol. The van der Waals surface area contributed by atoms with Crippen molar-refractivity contribution in [2.24, 2.45) is 10.9 Å². The van der Waals surface area contributed by atoms with Gasteiger partial charge in [0.2, 0.25) is 0 Å². The molecular formula is C22H32N2S. The molecule has 0 fully saturated rings. The van der Waals surface area contributed by atoms with E-state index in [2.05, 4.69) is 56.4 Å². The Hall–Kier alpha value is -1.48. The van der Waals surface area contributed by atoms with Crippen LogP contribution < -0.4 is 5.32 Å². The lowest BCUT2D eigenvalue weighted by Crippen LogP contribution is -2.16. The van der Waals surface area contributed by atoms with Gasteiger partial charge in [0, 0.05) is 22.7 Å². The Morgan fingerprint density at radius 1 is 1.28 bits per heavy atom. The molecule has 0 radical (unpaired) electrons. The van der Waals surface area contributed by atoms with Crippen LogP contribution in [0.15, 0.2) is 47.5 Å². The van der Waals surface area contributed by atoms with Gasteiger partial charge in [-0.1, -0.05) is 26.5 Å². The molecule has 1 unspecified atom stereocenters. The number of benzene rings is 1. The highest BCUT2D eigenvalue weighted by molar-refractivity contribution is 7.99. The van der Waals surface area contributed by atoms with Crippen LogP contribution in [0.5, 0.6) is 0 Å². The molecule has 1 N–H and O–H groups in total. The van der Waals surface area contributed by atoms with Crippen LogP contribution in [0, 0.1) is 5.92 Å². The quantitative estimate of drug-likeness (QED) is 0.415. The first-order chi connectivity index (χ1) is 12.1. The third-order valence-corrected chi connectivity index (χ3v) is 5.81. The molecule has 136 valence electrons. The lowest BCUT2D eigenvalue weighted by Gasteiger charge is -2.23. The summed E-state index contributed by atoms with van der Waals surface area (Å²) in [6, 6.07) is 4.84. The van der Waals surface area contributed by atoms with Gasteiger partial charge in [0.1, 0.15) is 0 Å². The number of hydrogen-bond acceptors (Lipinski definition) is 3. The second-order valence-corrected chi connectivity index (χ2v) is 8.09. The van der Waals surface area contributed by atoms with Crippen molar-refractivity contribution in [3.05, 3.63) is 54.3 Å². The second kappa shape index (κ2) is 9.86. The molecule has 0 aliphatic carbocycles. The molecule has 1 aromatic rings. The van der Waals surface area contributed by atoms with Crippen molar-refractivity contribution < 1.29 is 0 Å². The minimum Gasteiger partial charge on any atom is -0.391 e. The zero-order valence-corrected chi connectivity index (χ0v) is 16.8. The molecule has 1 aliphatic rings. The highest BCUT2D eigenvalue weighted by Gasteiger charge is 2.19. The monoisotopic (exact) mass is 356 g/mol. The summed E-state index contributed by atoms with van der Waals surface area (Å²) in [6.07, 6.45) is 8.40. The van der Waals surface area contributed by atoms with Crippen molar-refractivity contribution in [3.63, 3.8) is 0 Å². The van der Waals surface area contributed by atoms with E-state index in [-0.39, 0.29) is 0 Å². The zero-order chi connectivity index (χ0) is 18.2. The minimum atomic E-state index is 0.548. The smallest absolute Gasteiger partial charge is 0.0893 e. The molecule has 0 saturated carbocycles. The zero-order valence-electron chi connectivity index (χ0n) is 16.0. The molecule has 0 aromatic heterocycles. The molecule has 1 aromatic carbocycles. The molecule has 25 heavy (non-hydrogen) atoms. The molecule has 2 nitrogen and oxygen atoms in total. The van der Waals surface area contributed by atoms with E-state index in [9.17, 15) is 0 Å². The van der Waals surface area contributed by atoms with Gasteiger partial charge in [0.15, 0.2) is 0 Å². The fraction of sp³-hybridized carbons (Fsp3) is 0.500. The van der Waals surface area contributed by atoms with Crippen molar-refractivity contribution in [2.45, 2.75) is 57.3 Å². The van der Waals surface area contributed by atoms with Gasteiger partial charge in [-0.05, 0) is 73.9 Å². The Labute approximate surface area is 157 Å². The molecule has 0 saturated heterocycles. The first-order valence-electron chi connectivity index (χ1n) is 9.33. The Balaban J connectivity index is 2.27. The van der Waals surface area contributed by atoms with Crippen molar-refractivity contribution in [1.29, 1.82) is 0 Å². The summed E-state index contributed by atoms with van der Waals surface area (Å²) in [5.74, 6) is 2.06. The first-order valence-corrected chi connectivity index (χ1v) is 10.3. The number of rotatable bonds is 10. The van der Waals surface area contributed by atoms with E-state index in [0.717, 1.165) is 31.7 Å². The molecule has 1 atom stereocenters. The number of allylic oxidation sites excluding steroid dienone is 1. The topological polar surface area (TPSA) is 24.4 Å². The number of nitrogens with one attached hydrogen (secondary N) is 1. The number of nitrogens with zero attached hydrogens (tertiary/aromatic N) is 1. The molecular weight excluding hydrogens is 324 g/mol. The van der Waals surface area contributed by atoms with Crippen LogP contribution in [0.3, 0.4) is 0 Å². The molecule has 2 rings (SSSR count). The second-order valence-electron chi connectivity index (χ2n) is 7.10. The summed E-state index contributed by atoms with van der Waals surface area (Å²) in [4.78, 5) is 6.02. The standard InChI is InChI=1S/C22H32N2S/c1-6-8-9-18(10-11-23-7-2)12-19-13-21-17(5)24-15-25-22(21)14-20(19)16(3)4/h6-7,13-14,16,18,23H,1-2,8-12,15H2,3-5H3. The summed E-state index contributed by atoms with van der Waals surface area (Å²) in [6.45, 7) is 15.4. The fourth-order valence-electron chi connectivity index (χ4n) is 3.44. The van der Waals surface area contributed by atoms with Crippen molar-refractivity contribution in [1.82, 2.24) is 5.32 Å². The van der Waals surface area contributed by atoms with Crippen LogP contribution in [-0.2, 0) is 6.42 Å². The van der Waals surface area contributed by atoms with Gasteiger partial charge in [-0.2, -0.15) is 0 Å². The summed E-state index contributed by atoms with van der Waals surface area (Å²) in [5, 5.41) is 3.25. The predicted molar refractivity (Wildman–Crippen MR) is 113 cm³/mol. The Kier molecular flexibility index (Phi) is 7.83. The van der Waals surface area contributed by atoms with E-state index < -0.39 is 0 Å². The maximum absolute atomic E-state index is 4.62. The highest BCUT2D eigenvalue weighted by Crippen LogP contribution is 2.35. The summed E-state index contributed by atoms with van der Waals surface area (Å²) in [7, 11) is 0. The summed E-state index contributed by atoms with van der Waals surface area (Å²) < 4.78 is 0. The van der Waals surface area contributed by atoms with E-state index in [1.165, 1.54) is 33.7 Å². The van der Waals surface area contributed by atoms with Gasteiger partial charge in [0.25, 0.3) is 0 Å². The first kappa shape index (κ1) is 19.8. The van der Waals surface area contributed by atoms with Gasteiger partial charge in [-0.15, -0.1) is 18.3 Å². The summed E-state index contributed by atoms with van der Waals surface area (Å²) >= 11 is 1.86. The third-order valence-electron chi connectivity index (χ3n) is 4.90. The molecule has 0 spiro atoms. The van der Waals surface area contributed by atoms with Gasteiger partial charge in [0.05, 0.1) is 5.88 Å². The number of aliphatic imine (C=N–C) groups is 1. The largest absolute Gasteiger partial charge is 0.391 e. The lowest BCUT2D eigenvalue weighted by molar-refractivity contribution is 0.445. The SMILES string of the molecule is C=CCCC(CCNC=C)Cc1cc2c(cc1C(C)C)SCN=C2C. The maximum Gasteiger partial charge on any atom is 0.0893 e. The van der Waals surface area contributed by atoms with Gasteiger partial charge in [-0.3, -0.25) is 4.99 Å². The Bertz CT molecular complexity index is 631. The normalized spacial score (nSPS) is 14.6. The molecule has 1 heterocycles. The van der Waals surface area contributed by atoms with E-state index in [1.54, 1.807) is 6.20 Å². The number of hydrogen-bond donors (Lipinski definition) is 1.